The van der Waals surface area contributed by atoms with Gasteiger partial charge in [-0.25, -0.2) is 4.98 Å². The van der Waals surface area contributed by atoms with Crippen LogP contribution >= 0.6 is 0 Å². The van der Waals surface area contributed by atoms with E-state index in [1.165, 1.54) is 12.8 Å². The molecule has 0 spiro atoms. The Morgan fingerprint density at radius 2 is 2.00 bits per heavy atom. The zero-order chi connectivity index (χ0) is 16.2. The lowest BCUT2D eigenvalue weighted by atomic mass is 10.2. The second kappa shape index (κ2) is 7.34. The summed E-state index contributed by atoms with van der Waals surface area (Å²) in [4.78, 5) is 21.3. The number of piperazine rings is 1. The Bertz CT molecular complexity index is 516. The average molecular weight is 320 g/mol. The molecule has 128 valence electrons. The summed E-state index contributed by atoms with van der Waals surface area (Å²) in [6.45, 7) is 5.20. The van der Waals surface area contributed by atoms with E-state index >= 15 is 0 Å². The summed E-state index contributed by atoms with van der Waals surface area (Å²) in [5.41, 5.74) is 0. The monoisotopic (exact) mass is 320 g/mol. The van der Waals surface area contributed by atoms with Crippen LogP contribution in [-0.4, -0.2) is 58.7 Å². The van der Waals surface area contributed by atoms with Gasteiger partial charge < -0.3 is 19.1 Å². The summed E-state index contributed by atoms with van der Waals surface area (Å²) in [7, 11) is 2.00. The SMILES string of the molecule is CC[C@@H](OC1CCCC1)C(=O)N1CCN(c2nccn2C)CC1. The third-order valence-electron chi connectivity index (χ3n) is 4.98. The first-order valence-electron chi connectivity index (χ1n) is 8.85. The maximum atomic E-state index is 12.7. The van der Waals surface area contributed by atoms with Crippen LogP contribution in [0.2, 0.25) is 0 Å². The molecule has 1 atom stereocenters. The topological polar surface area (TPSA) is 50.6 Å². The maximum Gasteiger partial charge on any atom is 0.251 e. The van der Waals surface area contributed by atoms with Crippen LogP contribution in [0.1, 0.15) is 39.0 Å². The van der Waals surface area contributed by atoms with Crippen LogP contribution in [0.3, 0.4) is 0 Å². The number of hydrogen-bond acceptors (Lipinski definition) is 4. The fourth-order valence-corrected chi connectivity index (χ4v) is 3.58. The van der Waals surface area contributed by atoms with E-state index in [-0.39, 0.29) is 18.1 Å². The van der Waals surface area contributed by atoms with Gasteiger partial charge in [-0.05, 0) is 19.3 Å². The van der Waals surface area contributed by atoms with Crippen LogP contribution in [0.15, 0.2) is 12.4 Å². The Balaban J connectivity index is 1.53. The average Bonchev–Trinajstić information content (AvgIpc) is 3.23. The van der Waals surface area contributed by atoms with E-state index in [4.69, 9.17) is 4.74 Å². The molecule has 1 aromatic heterocycles. The van der Waals surface area contributed by atoms with Crippen molar-refractivity contribution in [2.75, 3.05) is 31.1 Å². The Morgan fingerprint density at radius 1 is 1.30 bits per heavy atom. The van der Waals surface area contributed by atoms with Gasteiger partial charge in [0.05, 0.1) is 6.10 Å². The Morgan fingerprint density at radius 3 is 2.57 bits per heavy atom. The zero-order valence-corrected chi connectivity index (χ0v) is 14.3. The van der Waals surface area contributed by atoms with Gasteiger partial charge in [-0.15, -0.1) is 0 Å². The van der Waals surface area contributed by atoms with Gasteiger partial charge >= 0.3 is 0 Å². The van der Waals surface area contributed by atoms with Crippen molar-refractivity contribution in [3.05, 3.63) is 12.4 Å². The number of aryl methyl sites for hydroxylation is 1. The molecule has 0 N–H and O–H groups in total. The predicted octanol–water partition coefficient (Wildman–Crippen LogP) is 1.81. The Kier molecular flexibility index (Phi) is 5.20. The lowest BCUT2D eigenvalue weighted by Crippen LogP contribution is -2.52. The van der Waals surface area contributed by atoms with Crippen molar-refractivity contribution in [3.63, 3.8) is 0 Å². The molecule has 1 saturated heterocycles. The van der Waals surface area contributed by atoms with E-state index in [2.05, 4.69) is 9.88 Å². The van der Waals surface area contributed by atoms with Crippen LogP contribution in [0.5, 0.6) is 0 Å². The number of nitrogens with zero attached hydrogens (tertiary/aromatic N) is 4. The van der Waals surface area contributed by atoms with Gasteiger partial charge in [0, 0.05) is 45.6 Å². The van der Waals surface area contributed by atoms with E-state index in [1.54, 1.807) is 0 Å². The number of anilines is 1. The molecule has 1 aromatic rings. The smallest absolute Gasteiger partial charge is 0.251 e. The van der Waals surface area contributed by atoms with Crippen molar-refractivity contribution in [3.8, 4) is 0 Å². The second-order valence-corrected chi connectivity index (χ2v) is 6.59. The molecule has 0 radical (unpaired) electrons. The number of hydrogen-bond donors (Lipinski definition) is 0. The van der Waals surface area contributed by atoms with Gasteiger partial charge in [0.2, 0.25) is 5.95 Å². The summed E-state index contributed by atoms with van der Waals surface area (Å²) < 4.78 is 8.10. The molecule has 23 heavy (non-hydrogen) atoms. The number of imidazole rings is 1. The summed E-state index contributed by atoms with van der Waals surface area (Å²) in [6.07, 6.45) is 9.23. The fraction of sp³-hybridized carbons (Fsp3) is 0.765. The highest BCUT2D eigenvalue weighted by molar-refractivity contribution is 5.81. The number of carbonyl (C=O) groups is 1. The molecule has 0 aromatic carbocycles. The lowest BCUT2D eigenvalue weighted by molar-refractivity contribution is -0.148. The number of ether oxygens (including phenoxy) is 1. The normalized spacial score (nSPS) is 21.0. The van der Waals surface area contributed by atoms with Gasteiger partial charge in [0.1, 0.15) is 6.10 Å². The Hall–Kier alpha value is -1.56. The molecule has 6 nitrogen and oxygen atoms in total. The van der Waals surface area contributed by atoms with Crippen LogP contribution in [0.4, 0.5) is 5.95 Å². The zero-order valence-electron chi connectivity index (χ0n) is 14.3. The van der Waals surface area contributed by atoms with Crippen molar-refractivity contribution < 1.29 is 9.53 Å². The molecule has 6 heteroatoms. The quantitative estimate of drug-likeness (QED) is 0.830. The summed E-state index contributed by atoms with van der Waals surface area (Å²) in [5.74, 6) is 1.14. The third-order valence-corrected chi connectivity index (χ3v) is 4.98. The van der Waals surface area contributed by atoms with Gasteiger partial charge in [-0.1, -0.05) is 19.8 Å². The molecule has 2 heterocycles. The van der Waals surface area contributed by atoms with Crippen molar-refractivity contribution in [2.45, 2.75) is 51.2 Å². The number of carbonyl (C=O) groups excluding carboxylic acids is 1. The number of rotatable bonds is 5. The molecule has 1 aliphatic carbocycles. The van der Waals surface area contributed by atoms with Crippen molar-refractivity contribution in [1.82, 2.24) is 14.5 Å². The highest BCUT2D eigenvalue weighted by Crippen LogP contribution is 2.24. The Labute approximate surface area is 138 Å². The molecular weight excluding hydrogens is 292 g/mol. The minimum atomic E-state index is -0.266. The number of aromatic nitrogens is 2. The largest absolute Gasteiger partial charge is 0.365 e. The second-order valence-electron chi connectivity index (χ2n) is 6.59. The molecule has 1 amide bonds. The molecule has 0 bridgehead atoms. The van der Waals surface area contributed by atoms with Crippen molar-refractivity contribution >= 4 is 11.9 Å². The van der Waals surface area contributed by atoms with E-state index < -0.39 is 0 Å². The summed E-state index contributed by atoms with van der Waals surface area (Å²) >= 11 is 0. The lowest BCUT2D eigenvalue weighted by Gasteiger charge is -2.37. The van der Waals surface area contributed by atoms with E-state index in [0.29, 0.717) is 0 Å². The molecule has 1 aliphatic heterocycles. The summed E-state index contributed by atoms with van der Waals surface area (Å²) in [5, 5.41) is 0. The highest BCUT2D eigenvalue weighted by Gasteiger charge is 2.30. The van der Waals surface area contributed by atoms with Gasteiger partial charge in [0.15, 0.2) is 0 Å². The molecule has 2 fully saturated rings. The molecule has 2 aliphatic rings. The van der Waals surface area contributed by atoms with Gasteiger partial charge in [-0.3, -0.25) is 4.79 Å². The van der Waals surface area contributed by atoms with E-state index in [0.717, 1.165) is 51.4 Å². The first-order chi connectivity index (χ1) is 11.2. The molecule has 3 rings (SSSR count). The van der Waals surface area contributed by atoms with E-state index in [1.807, 2.05) is 35.8 Å². The molecule has 0 unspecified atom stereocenters. The van der Waals surface area contributed by atoms with Crippen LogP contribution in [-0.2, 0) is 16.6 Å². The minimum Gasteiger partial charge on any atom is -0.365 e. The number of amides is 1. The van der Waals surface area contributed by atoms with Gasteiger partial charge in [-0.2, -0.15) is 0 Å². The van der Waals surface area contributed by atoms with Crippen LogP contribution in [0.25, 0.3) is 0 Å². The van der Waals surface area contributed by atoms with Crippen LogP contribution < -0.4 is 4.90 Å². The van der Waals surface area contributed by atoms with E-state index in [9.17, 15) is 4.79 Å². The standard InChI is InChI=1S/C17H28N4O2/c1-3-15(23-14-6-4-5-7-14)16(22)20-10-12-21(13-11-20)17-18-8-9-19(17)2/h8-9,14-15H,3-7,10-13H2,1-2H3/t15-/m1/s1. The predicted molar refractivity (Wildman–Crippen MR) is 89.4 cm³/mol. The van der Waals surface area contributed by atoms with Crippen molar-refractivity contribution in [1.29, 1.82) is 0 Å². The molecular formula is C17H28N4O2. The first kappa shape index (κ1) is 16.3. The minimum absolute atomic E-state index is 0.166. The van der Waals surface area contributed by atoms with Crippen LogP contribution in [0, 0.1) is 0 Å². The summed E-state index contributed by atoms with van der Waals surface area (Å²) in [6, 6.07) is 0. The fourth-order valence-electron chi connectivity index (χ4n) is 3.58. The van der Waals surface area contributed by atoms with Crippen molar-refractivity contribution in [2.24, 2.45) is 7.05 Å². The maximum absolute atomic E-state index is 12.7. The third kappa shape index (κ3) is 3.68. The molecule has 1 saturated carbocycles. The van der Waals surface area contributed by atoms with Gasteiger partial charge in [0.25, 0.3) is 5.91 Å². The highest BCUT2D eigenvalue weighted by atomic mass is 16.5. The first-order valence-corrected chi connectivity index (χ1v) is 8.85.